The van der Waals surface area contributed by atoms with Crippen molar-refractivity contribution < 1.29 is 13.9 Å². The number of carbonyl (C=O) groups excluding carboxylic acids is 1. The molecule has 0 aliphatic carbocycles. The summed E-state index contributed by atoms with van der Waals surface area (Å²) < 4.78 is 18.1. The number of hydrogen-bond acceptors (Lipinski definition) is 3. The van der Waals surface area contributed by atoms with Crippen molar-refractivity contribution in [1.82, 2.24) is 9.80 Å². The summed E-state index contributed by atoms with van der Waals surface area (Å²) >= 11 is 0. The van der Waals surface area contributed by atoms with Gasteiger partial charge in [0.2, 0.25) is 0 Å². The molecule has 1 aromatic carbocycles. The van der Waals surface area contributed by atoms with Crippen molar-refractivity contribution in [2.45, 2.75) is 51.5 Å². The Bertz CT molecular complexity index is 570. The number of benzene rings is 1. The van der Waals surface area contributed by atoms with E-state index in [1.54, 1.807) is 12.1 Å². The van der Waals surface area contributed by atoms with Gasteiger partial charge in [-0.25, -0.2) is 9.18 Å². The summed E-state index contributed by atoms with van der Waals surface area (Å²) in [5, 5.41) is 0. The van der Waals surface area contributed by atoms with Crippen molar-refractivity contribution in [2.75, 3.05) is 32.8 Å². The van der Waals surface area contributed by atoms with Crippen LogP contribution in [-0.4, -0.2) is 54.7 Å². The Morgan fingerprint density at radius 1 is 1.15 bits per heavy atom. The normalized spacial score (nSPS) is 22.4. The van der Waals surface area contributed by atoms with Gasteiger partial charge < -0.3 is 9.64 Å². The second-order valence-electron chi connectivity index (χ2n) is 7.59. The van der Waals surface area contributed by atoms with E-state index >= 15 is 0 Å². The van der Waals surface area contributed by atoms with E-state index in [0.29, 0.717) is 12.6 Å². The average molecular weight is 362 g/mol. The van der Waals surface area contributed by atoms with Crippen LogP contribution in [0, 0.1) is 11.7 Å². The van der Waals surface area contributed by atoms with Crippen LogP contribution in [0.3, 0.4) is 0 Å². The Balaban J connectivity index is 1.43. The summed E-state index contributed by atoms with van der Waals surface area (Å²) in [7, 11) is 0. The zero-order chi connectivity index (χ0) is 18.4. The molecule has 3 rings (SSSR count). The third kappa shape index (κ3) is 5.19. The quantitative estimate of drug-likeness (QED) is 0.791. The number of likely N-dealkylation sites (tertiary alicyclic amines) is 2. The maximum atomic E-state index is 13.0. The Kier molecular flexibility index (Phi) is 6.89. The summed E-state index contributed by atoms with van der Waals surface area (Å²) in [5.41, 5.74) is 1.23. The highest BCUT2D eigenvalue weighted by molar-refractivity contribution is 5.67. The first-order valence-electron chi connectivity index (χ1n) is 10.1. The standard InChI is InChI=1S/C21H31FN2O2/c1-2-26-21(25)23-14-11-20(12-15-23)24-13-3-4-18(16-24)6-5-17-7-9-19(22)10-8-17/h7-10,18,20H,2-6,11-16H2,1H3. The Hall–Kier alpha value is -1.62. The Labute approximate surface area is 156 Å². The summed E-state index contributed by atoms with van der Waals surface area (Å²) in [6.45, 7) is 6.24. The fraction of sp³-hybridized carbons (Fsp3) is 0.667. The fourth-order valence-electron chi connectivity index (χ4n) is 4.31. The van der Waals surface area contributed by atoms with E-state index in [4.69, 9.17) is 4.74 Å². The molecule has 2 saturated heterocycles. The molecule has 5 heteroatoms. The first-order valence-corrected chi connectivity index (χ1v) is 10.1. The number of amides is 1. The SMILES string of the molecule is CCOC(=O)N1CCC(N2CCCC(CCc3ccc(F)cc3)C2)CC1. The number of hydrogen-bond donors (Lipinski definition) is 0. The van der Waals surface area contributed by atoms with Crippen LogP contribution in [0.25, 0.3) is 0 Å². The van der Waals surface area contributed by atoms with Gasteiger partial charge in [-0.15, -0.1) is 0 Å². The molecular weight excluding hydrogens is 331 g/mol. The van der Waals surface area contributed by atoms with Crippen LogP contribution < -0.4 is 0 Å². The van der Waals surface area contributed by atoms with Gasteiger partial charge in [-0.1, -0.05) is 12.1 Å². The van der Waals surface area contributed by atoms with Gasteiger partial charge in [0, 0.05) is 25.7 Å². The Morgan fingerprint density at radius 3 is 2.58 bits per heavy atom. The van der Waals surface area contributed by atoms with Crippen molar-refractivity contribution in [3.05, 3.63) is 35.6 Å². The number of aryl methyl sites for hydroxylation is 1. The number of rotatable bonds is 5. The van der Waals surface area contributed by atoms with Crippen LogP contribution in [0.15, 0.2) is 24.3 Å². The molecule has 26 heavy (non-hydrogen) atoms. The highest BCUT2D eigenvalue weighted by Gasteiger charge is 2.30. The lowest BCUT2D eigenvalue weighted by molar-refractivity contribution is 0.0567. The molecule has 1 atom stereocenters. The first kappa shape index (κ1) is 19.2. The lowest BCUT2D eigenvalue weighted by Crippen LogP contribution is -2.49. The van der Waals surface area contributed by atoms with Crippen LogP contribution in [0.2, 0.25) is 0 Å². The second-order valence-corrected chi connectivity index (χ2v) is 7.59. The highest BCUT2D eigenvalue weighted by atomic mass is 19.1. The van der Waals surface area contributed by atoms with E-state index in [1.165, 1.54) is 31.4 Å². The number of carbonyl (C=O) groups is 1. The molecule has 0 bridgehead atoms. The molecule has 2 fully saturated rings. The maximum Gasteiger partial charge on any atom is 0.409 e. The number of halogens is 1. The van der Waals surface area contributed by atoms with E-state index in [9.17, 15) is 9.18 Å². The molecule has 0 spiro atoms. The van der Waals surface area contributed by atoms with Crippen molar-refractivity contribution in [3.8, 4) is 0 Å². The van der Waals surface area contributed by atoms with Gasteiger partial charge >= 0.3 is 6.09 Å². The van der Waals surface area contributed by atoms with Gasteiger partial charge in [0.25, 0.3) is 0 Å². The average Bonchev–Trinajstić information content (AvgIpc) is 2.68. The zero-order valence-electron chi connectivity index (χ0n) is 15.8. The molecule has 1 unspecified atom stereocenters. The van der Waals surface area contributed by atoms with Gasteiger partial charge in [-0.3, -0.25) is 4.90 Å². The summed E-state index contributed by atoms with van der Waals surface area (Å²) in [6, 6.07) is 7.51. The zero-order valence-corrected chi connectivity index (χ0v) is 15.8. The van der Waals surface area contributed by atoms with Gasteiger partial charge in [0.15, 0.2) is 0 Å². The van der Waals surface area contributed by atoms with E-state index in [-0.39, 0.29) is 11.9 Å². The minimum Gasteiger partial charge on any atom is -0.450 e. The molecule has 4 nitrogen and oxygen atoms in total. The van der Waals surface area contributed by atoms with E-state index in [0.717, 1.165) is 44.8 Å². The van der Waals surface area contributed by atoms with E-state index in [2.05, 4.69) is 4.90 Å². The molecule has 1 aromatic rings. The van der Waals surface area contributed by atoms with Crippen molar-refractivity contribution in [2.24, 2.45) is 5.92 Å². The highest BCUT2D eigenvalue weighted by Crippen LogP contribution is 2.26. The Morgan fingerprint density at radius 2 is 1.88 bits per heavy atom. The third-order valence-corrected chi connectivity index (χ3v) is 5.81. The molecule has 0 aromatic heterocycles. The predicted molar refractivity (Wildman–Crippen MR) is 101 cm³/mol. The third-order valence-electron chi connectivity index (χ3n) is 5.81. The van der Waals surface area contributed by atoms with Crippen molar-refractivity contribution in [3.63, 3.8) is 0 Å². The molecule has 0 N–H and O–H groups in total. The maximum absolute atomic E-state index is 13.0. The van der Waals surface area contributed by atoms with Crippen molar-refractivity contribution in [1.29, 1.82) is 0 Å². The van der Waals surface area contributed by atoms with Gasteiger partial charge in [0.05, 0.1) is 6.61 Å². The number of piperidine rings is 2. The molecule has 2 heterocycles. The predicted octanol–water partition coefficient (Wildman–Crippen LogP) is 4.09. The second kappa shape index (κ2) is 9.36. The van der Waals surface area contributed by atoms with Gasteiger partial charge in [0.1, 0.15) is 5.82 Å². The van der Waals surface area contributed by atoms with Crippen LogP contribution in [0.1, 0.15) is 44.6 Å². The minimum atomic E-state index is -0.165. The fourth-order valence-corrected chi connectivity index (χ4v) is 4.31. The largest absolute Gasteiger partial charge is 0.450 e. The summed E-state index contributed by atoms with van der Waals surface area (Å²) in [6.07, 6.45) is 6.67. The molecule has 144 valence electrons. The number of nitrogens with zero attached hydrogens (tertiary/aromatic N) is 2. The van der Waals surface area contributed by atoms with Crippen LogP contribution >= 0.6 is 0 Å². The van der Waals surface area contributed by atoms with Crippen LogP contribution in [0.4, 0.5) is 9.18 Å². The molecule has 2 aliphatic rings. The number of ether oxygens (including phenoxy) is 1. The van der Waals surface area contributed by atoms with Gasteiger partial charge in [-0.05, 0) is 75.6 Å². The molecule has 2 aliphatic heterocycles. The van der Waals surface area contributed by atoms with E-state index < -0.39 is 0 Å². The van der Waals surface area contributed by atoms with Crippen molar-refractivity contribution >= 4 is 6.09 Å². The topological polar surface area (TPSA) is 32.8 Å². The summed E-state index contributed by atoms with van der Waals surface area (Å²) in [4.78, 5) is 16.3. The molecule has 0 radical (unpaired) electrons. The smallest absolute Gasteiger partial charge is 0.409 e. The lowest BCUT2D eigenvalue weighted by atomic mass is 9.89. The van der Waals surface area contributed by atoms with E-state index in [1.807, 2.05) is 24.0 Å². The van der Waals surface area contributed by atoms with Crippen LogP contribution in [0.5, 0.6) is 0 Å². The summed E-state index contributed by atoms with van der Waals surface area (Å²) in [5.74, 6) is 0.559. The molecule has 0 saturated carbocycles. The molecule has 1 amide bonds. The van der Waals surface area contributed by atoms with Crippen LogP contribution in [-0.2, 0) is 11.2 Å². The first-order chi connectivity index (χ1) is 12.7. The monoisotopic (exact) mass is 362 g/mol. The van der Waals surface area contributed by atoms with Gasteiger partial charge in [-0.2, -0.15) is 0 Å². The minimum absolute atomic E-state index is 0.160. The molecular formula is C21H31FN2O2. The lowest BCUT2D eigenvalue weighted by Gasteiger charge is -2.42.